The molecule has 1 aliphatic rings. The average Bonchev–Trinajstić information content (AvgIpc) is 1.98. The lowest BCUT2D eigenvalue weighted by molar-refractivity contribution is -0.189. The summed E-state index contributed by atoms with van der Waals surface area (Å²) in [5, 5.41) is 8.86. The first-order chi connectivity index (χ1) is 6.80. The standard InChI is InChI=1S/C10H16O5/c1-6(11)14-7-4-8(9(12)13)15-10(2,3)5-7/h7-8H,4-5H2,1-3H3,(H,12,13). The largest absolute Gasteiger partial charge is 0.479 e. The van der Waals surface area contributed by atoms with Crippen LogP contribution in [0.4, 0.5) is 0 Å². The van der Waals surface area contributed by atoms with Crippen molar-refractivity contribution in [2.45, 2.75) is 51.4 Å². The summed E-state index contributed by atoms with van der Waals surface area (Å²) in [6, 6.07) is 0. The molecule has 1 saturated heterocycles. The van der Waals surface area contributed by atoms with Crippen molar-refractivity contribution in [2.75, 3.05) is 0 Å². The van der Waals surface area contributed by atoms with Gasteiger partial charge in [-0.2, -0.15) is 0 Å². The van der Waals surface area contributed by atoms with E-state index in [1.165, 1.54) is 6.92 Å². The molecule has 0 aromatic heterocycles. The Morgan fingerprint density at radius 2 is 2.07 bits per heavy atom. The van der Waals surface area contributed by atoms with Gasteiger partial charge in [-0.3, -0.25) is 4.79 Å². The minimum Gasteiger partial charge on any atom is -0.479 e. The van der Waals surface area contributed by atoms with Crippen LogP contribution in [-0.2, 0) is 19.1 Å². The van der Waals surface area contributed by atoms with Gasteiger partial charge in [0.1, 0.15) is 6.10 Å². The molecule has 2 unspecified atom stereocenters. The molecule has 2 atom stereocenters. The zero-order valence-corrected chi connectivity index (χ0v) is 9.15. The van der Waals surface area contributed by atoms with E-state index in [4.69, 9.17) is 14.6 Å². The first kappa shape index (κ1) is 12.0. The number of aliphatic carboxylic acids is 1. The van der Waals surface area contributed by atoms with Crippen LogP contribution in [0.2, 0.25) is 0 Å². The molecule has 5 nitrogen and oxygen atoms in total. The molecule has 1 rings (SSSR count). The molecular weight excluding hydrogens is 200 g/mol. The Kier molecular flexibility index (Phi) is 3.34. The average molecular weight is 216 g/mol. The zero-order chi connectivity index (χ0) is 11.6. The lowest BCUT2D eigenvalue weighted by Crippen LogP contribution is -2.46. The van der Waals surface area contributed by atoms with Gasteiger partial charge in [0.05, 0.1) is 5.60 Å². The number of carboxylic acid groups (broad SMARTS) is 1. The van der Waals surface area contributed by atoms with Gasteiger partial charge in [0.25, 0.3) is 0 Å². The summed E-state index contributed by atoms with van der Waals surface area (Å²) in [5.74, 6) is -1.40. The van der Waals surface area contributed by atoms with Crippen molar-refractivity contribution in [3.05, 3.63) is 0 Å². The number of hydrogen-bond acceptors (Lipinski definition) is 4. The summed E-state index contributed by atoms with van der Waals surface area (Å²) in [6.45, 7) is 4.90. The number of ether oxygens (including phenoxy) is 2. The van der Waals surface area contributed by atoms with Gasteiger partial charge >= 0.3 is 11.9 Å². The van der Waals surface area contributed by atoms with E-state index < -0.39 is 17.7 Å². The van der Waals surface area contributed by atoms with Gasteiger partial charge in [-0.25, -0.2) is 4.79 Å². The molecule has 0 aromatic rings. The van der Waals surface area contributed by atoms with Gasteiger partial charge in [-0.15, -0.1) is 0 Å². The van der Waals surface area contributed by atoms with Crippen molar-refractivity contribution < 1.29 is 24.2 Å². The van der Waals surface area contributed by atoms with Crippen molar-refractivity contribution in [3.63, 3.8) is 0 Å². The molecule has 1 aliphatic heterocycles. The quantitative estimate of drug-likeness (QED) is 0.696. The van der Waals surface area contributed by atoms with E-state index in [1.54, 1.807) is 13.8 Å². The Morgan fingerprint density at radius 3 is 2.53 bits per heavy atom. The van der Waals surface area contributed by atoms with Gasteiger partial charge < -0.3 is 14.6 Å². The lowest BCUT2D eigenvalue weighted by atomic mass is 9.92. The summed E-state index contributed by atoms with van der Waals surface area (Å²) < 4.78 is 10.4. The maximum absolute atomic E-state index is 10.8. The third kappa shape index (κ3) is 3.51. The molecule has 0 radical (unpaired) electrons. The van der Waals surface area contributed by atoms with Crippen LogP contribution in [0.1, 0.15) is 33.6 Å². The van der Waals surface area contributed by atoms with Crippen LogP contribution in [0.3, 0.4) is 0 Å². The molecule has 0 aliphatic carbocycles. The second-order valence-electron chi connectivity index (χ2n) is 4.38. The minimum atomic E-state index is -1.01. The highest BCUT2D eigenvalue weighted by molar-refractivity contribution is 5.72. The molecule has 1 fully saturated rings. The van der Waals surface area contributed by atoms with Crippen molar-refractivity contribution in [2.24, 2.45) is 0 Å². The number of hydrogen-bond donors (Lipinski definition) is 1. The molecule has 1 heterocycles. The van der Waals surface area contributed by atoms with E-state index in [0.717, 1.165) is 0 Å². The third-order valence-electron chi connectivity index (χ3n) is 2.27. The first-order valence-electron chi connectivity index (χ1n) is 4.88. The van der Waals surface area contributed by atoms with E-state index in [-0.39, 0.29) is 18.5 Å². The number of esters is 1. The highest BCUT2D eigenvalue weighted by atomic mass is 16.6. The summed E-state index contributed by atoms with van der Waals surface area (Å²) in [6.07, 6.45) is -0.514. The summed E-state index contributed by atoms with van der Waals surface area (Å²) in [5.41, 5.74) is -0.568. The Bertz CT molecular complexity index is 271. The second kappa shape index (κ2) is 4.18. The van der Waals surface area contributed by atoms with E-state index in [9.17, 15) is 9.59 Å². The first-order valence-corrected chi connectivity index (χ1v) is 4.88. The fraction of sp³-hybridized carbons (Fsp3) is 0.800. The van der Waals surface area contributed by atoms with Crippen LogP contribution >= 0.6 is 0 Å². The molecule has 1 N–H and O–H groups in total. The number of rotatable bonds is 2. The number of carbonyl (C=O) groups excluding carboxylic acids is 1. The highest BCUT2D eigenvalue weighted by Crippen LogP contribution is 2.30. The third-order valence-corrected chi connectivity index (χ3v) is 2.27. The zero-order valence-electron chi connectivity index (χ0n) is 9.15. The fourth-order valence-electron chi connectivity index (χ4n) is 1.83. The molecule has 0 aromatic carbocycles. The molecular formula is C10H16O5. The van der Waals surface area contributed by atoms with E-state index >= 15 is 0 Å². The van der Waals surface area contributed by atoms with E-state index in [1.807, 2.05) is 0 Å². The molecule has 15 heavy (non-hydrogen) atoms. The van der Waals surface area contributed by atoms with E-state index in [0.29, 0.717) is 6.42 Å². The lowest BCUT2D eigenvalue weighted by Gasteiger charge is -2.38. The Hall–Kier alpha value is -1.10. The SMILES string of the molecule is CC(=O)OC1CC(C(=O)O)OC(C)(C)C1. The van der Waals surface area contributed by atoms with Gasteiger partial charge in [-0.1, -0.05) is 0 Å². The van der Waals surface area contributed by atoms with E-state index in [2.05, 4.69) is 0 Å². The van der Waals surface area contributed by atoms with Gasteiger partial charge in [0, 0.05) is 19.8 Å². The molecule has 0 bridgehead atoms. The van der Waals surface area contributed by atoms with Crippen LogP contribution in [-0.4, -0.2) is 34.9 Å². The predicted octanol–water partition coefficient (Wildman–Crippen LogP) is 0.960. The predicted molar refractivity (Wildman–Crippen MR) is 51.4 cm³/mol. The minimum absolute atomic E-state index is 0.221. The normalized spacial score (nSPS) is 29.5. The smallest absolute Gasteiger partial charge is 0.332 e. The second-order valence-corrected chi connectivity index (χ2v) is 4.38. The van der Waals surface area contributed by atoms with Crippen LogP contribution in [0, 0.1) is 0 Å². The highest BCUT2D eigenvalue weighted by Gasteiger charge is 2.39. The maximum atomic E-state index is 10.8. The van der Waals surface area contributed by atoms with Gasteiger partial charge in [-0.05, 0) is 13.8 Å². The number of carboxylic acids is 1. The molecule has 86 valence electrons. The summed E-state index contributed by atoms with van der Waals surface area (Å²) in [7, 11) is 0. The topological polar surface area (TPSA) is 72.8 Å². The monoisotopic (exact) mass is 216 g/mol. The summed E-state index contributed by atoms with van der Waals surface area (Å²) >= 11 is 0. The molecule has 0 spiro atoms. The van der Waals surface area contributed by atoms with Crippen molar-refractivity contribution >= 4 is 11.9 Å². The summed E-state index contributed by atoms with van der Waals surface area (Å²) in [4.78, 5) is 21.6. The Morgan fingerprint density at radius 1 is 1.47 bits per heavy atom. The molecule has 0 amide bonds. The maximum Gasteiger partial charge on any atom is 0.332 e. The van der Waals surface area contributed by atoms with Gasteiger partial charge in [0.15, 0.2) is 6.10 Å². The van der Waals surface area contributed by atoms with Crippen LogP contribution < -0.4 is 0 Å². The van der Waals surface area contributed by atoms with Crippen LogP contribution in [0.15, 0.2) is 0 Å². The van der Waals surface area contributed by atoms with Crippen molar-refractivity contribution in [3.8, 4) is 0 Å². The molecule has 0 saturated carbocycles. The fourth-order valence-corrected chi connectivity index (χ4v) is 1.83. The number of carbonyl (C=O) groups is 2. The van der Waals surface area contributed by atoms with Crippen LogP contribution in [0.5, 0.6) is 0 Å². The Balaban J connectivity index is 2.67. The van der Waals surface area contributed by atoms with Crippen molar-refractivity contribution in [1.29, 1.82) is 0 Å². The van der Waals surface area contributed by atoms with Gasteiger partial charge in [0.2, 0.25) is 0 Å². The van der Waals surface area contributed by atoms with Crippen LogP contribution in [0.25, 0.3) is 0 Å². The molecule has 5 heteroatoms. The Labute approximate surface area is 88.4 Å². The van der Waals surface area contributed by atoms with Crippen molar-refractivity contribution in [1.82, 2.24) is 0 Å².